The van der Waals surface area contributed by atoms with Gasteiger partial charge in [-0.25, -0.2) is 0 Å². The lowest BCUT2D eigenvalue weighted by Crippen LogP contribution is -2.10. The van der Waals surface area contributed by atoms with E-state index in [2.05, 4.69) is 32.9 Å². The van der Waals surface area contributed by atoms with E-state index in [-0.39, 0.29) is 5.78 Å². The molecule has 0 saturated carbocycles. The van der Waals surface area contributed by atoms with E-state index in [9.17, 15) is 4.79 Å². The first kappa shape index (κ1) is 15.0. The van der Waals surface area contributed by atoms with Gasteiger partial charge in [-0.2, -0.15) is 11.3 Å². The number of benzene rings is 1. The monoisotopic (exact) mass is 286 g/mol. The predicted molar refractivity (Wildman–Crippen MR) is 87.1 cm³/mol. The second-order valence-electron chi connectivity index (χ2n) is 5.15. The molecule has 2 aromatic rings. The Morgan fingerprint density at radius 2 is 1.60 bits per heavy atom. The summed E-state index contributed by atoms with van der Waals surface area (Å²) in [6, 6.07) is 4.40. The van der Waals surface area contributed by atoms with E-state index in [1.807, 2.05) is 17.7 Å². The number of rotatable bonds is 5. The van der Waals surface area contributed by atoms with Crippen molar-refractivity contribution < 1.29 is 4.79 Å². The molecule has 1 aromatic carbocycles. The summed E-state index contributed by atoms with van der Waals surface area (Å²) in [4.78, 5) is 12.9. The Labute approximate surface area is 125 Å². The van der Waals surface area contributed by atoms with E-state index < -0.39 is 0 Å². The first-order valence-corrected chi connectivity index (χ1v) is 8.28. The van der Waals surface area contributed by atoms with Gasteiger partial charge in [-0.3, -0.25) is 4.79 Å². The number of carbonyl (C=O) groups is 1. The Bertz CT molecular complexity index is 597. The lowest BCUT2D eigenvalue weighted by molar-refractivity contribution is 0.103. The average Bonchev–Trinajstić information content (AvgIpc) is 2.91. The molecule has 1 nitrogen and oxygen atoms in total. The SMILES string of the molecule is CCc1cc(CC)c(C(=O)c2cscc2C)c(CC)c1. The van der Waals surface area contributed by atoms with Crippen molar-refractivity contribution in [3.63, 3.8) is 0 Å². The molecule has 0 spiro atoms. The quantitative estimate of drug-likeness (QED) is 0.709. The van der Waals surface area contributed by atoms with Crippen LogP contribution in [0.5, 0.6) is 0 Å². The smallest absolute Gasteiger partial charge is 0.194 e. The second kappa shape index (κ2) is 6.36. The van der Waals surface area contributed by atoms with Crippen LogP contribution in [0.15, 0.2) is 22.9 Å². The Balaban J connectivity index is 2.60. The third-order valence-corrected chi connectivity index (χ3v) is 4.72. The lowest BCUT2D eigenvalue weighted by atomic mass is 9.89. The van der Waals surface area contributed by atoms with Crippen molar-refractivity contribution in [1.29, 1.82) is 0 Å². The van der Waals surface area contributed by atoms with Gasteiger partial charge in [0.2, 0.25) is 0 Å². The largest absolute Gasteiger partial charge is 0.289 e. The van der Waals surface area contributed by atoms with Crippen molar-refractivity contribution in [2.24, 2.45) is 0 Å². The Morgan fingerprint density at radius 3 is 2.00 bits per heavy atom. The molecule has 2 rings (SSSR count). The van der Waals surface area contributed by atoms with Crippen LogP contribution in [0, 0.1) is 6.92 Å². The Morgan fingerprint density at radius 1 is 1.00 bits per heavy atom. The van der Waals surface area contributed by atoms with E-state index in [1.54, 1.807) is 11.3 Å². The maximum atomic E-state index is 12.9. The van der Waals surface area contributed by atoms with Gasteiger partial charge in [0.15, 0.2) is 5.78 Å². The molecule has 20 heavy (non-hydrogen) atoms. The summed E-state index contributed by atoms with van der Waals surface area (Å²) >= 11 is 1.60. The van der Waals surface area contributed by atoms with Crippen molar-refractivity contribution in [1.82, 2.24) is 0 Å². The first-order valence-electron chi connectivity index (χ1n) is 7.34. The summed E-state index contributed by atoms with van der Waals surface area (Å²) in [6.07, 6.45) is 2.84. The van der Waals surface area contributed by atoms with E-state index in [0.717, 1.165) is 36.0 Å². The fourth-order valence-electron chi connectivity index (χ4n) is 2.62. The van der Waals surface area contributed by atoms with Crippen molar-refractivity contribution in [3.05, 3.63) is 56.3 Å². The van der Waals surface area contributed by atoms with E-state index in [1.165, 1.54) is 16.7 Å². The topological polar surface area (TPSA) is 17.1 Å². The molecule has 1 aromatic heterocycles. The summed E-state index contributed by atoms with van der Waals surface area (Å²) < 4.78 is 0. The fraction of sp³-hybridized carbons (Fsp3) is 0.389. The van der Waals surface area contributed by atoms with Crippen LogP contribution in [0.25, 0.3) is 0 Å². The van der Waals surface area contributed by atoms with Crippen LogP contribution in [0.3, 0.4) is 0 Å². The van der Waals surface area contributed by atoms with Gasteiger partial charge >= 0.3 is 0 Å². The highest BCUT2D eigenvalue weighted by Gasteiger charge is 2.19. The Hall–Kier alpha value is -1.41. The van der Waals surface area contributed by atoms with Crippen LogP contribution >= 0.6 is 11.3 Å². The number of aryl methyl sites for hydroxylation is 4. The molecule has 1 heterocycles. The zero-order valence-corrected chi connectivity index (χ0v) is 13.6. The normalized spacial score (nSPS) is 10.8. The zero-order valence-electron chi connectivity index (χ0n) is 12.7. The van der Waals surface area contributed by atoms with Crippen LogP contribution in [-0.4, -0.2) is 5.78 Å². The molecule has 106 valence electrons. The van der Waals surface area contributed by atoms with Crippen LogP contribution < -0.4 is 0 Å². The minimum atomic E-state index is 0.195. The molecule has 0 amide bonds. The second-order valence-corrected chi connectivity index (χ2v) is 5.89. The molecule has 0 aliphatic rings. The molecular weight excluding hydrogens is 264 g/mol. The zero-order chi connectivity index (χ0) is 14.7. The highest BCUT2D eigenvalue weighted by molar-refractivity contribution is 7.08. The highest BCUT2D eigenvalue weighted by Crippen LogP contribution is 2.25. The number of hydrogen-bond donors (Lipinski definition) is 0. The summed E-state index contributed by atoms with van der Waals surface area (Å²) in [5, 5.41) is 4.02. The van der Waals surface area contributed by atoms with Gasteiger partial charge in [0.1, 0.15) is 0 Å². The summed E-state index contributed by atoms with van der Waals surface area (Å²) in [7, 11) is 0. The molecule has 0 unspecified atom stereocenters. The van der Waals surface area contributed by atoms with Gasteiger partial charge in [-0.05, 0) is 53.8 Å². The van der Waals surface area contributed by atoms with Gasteiger partial charge in [0.25, 0.3) is 0 Å². The molecule has 0 aliphatic heterocycles. The Kier molecular flexibility index (Phi) is 4.77. The van der Waals surface area contributed by atoms with Crippen molar-refractivity contribution >= 4 is 17.1 Å². The van der Waals surface area contributed by atoms with E-state index in [0.29, 0.717) is 0 Å². The molecule has 0 atom stereocenters. The fourth-order valence-corrected chi connectivity index (χ4v) is 3.45. The van der Waals surface area contributed by atoms with Gasteiger partial charge in [0.05, 0.1) is 0 Å². The maximum Gasteiger partial charge on any atom is 0.194 e. The number of thiophene rings is 1. The lowest BCUT2D eigenvalue weighted by Gasteiger charge is -2.14. The van der Waals surface area contributed by atoms with E-state index in [4.69, 9.17) is 0 Å². The molecule has 0 fully saturated rings. The molecule has 2 heteroatoms. The minimum absolute atomic E-state index is 0.195. The number of carbonyl (C=O) groups excluding carboxylic acids is 1. The van der Waals surface area contributed by atoms with Crippen molar-refractivity contribution in [2.75, 3.05) is 0 Å². The van der Waals surface area contributed by atoms with Gasteiger partial charge in [-0.15, -0.1) is 0 Å². The summed E-state index contributed by atoms with van der Waals surface area (Å²) in [5.41, 5.74) is 6.60. The predicted octanol–water partition coefficient (Wildman–Crippen LogP) is 4.97. The van der Waals surface area contributed by atoms with Crippen LogP contribution in [-0.2, 0) is 19.3 Å². The summed E-state index contributed by atoms with van der Waals surface area (Å²) in [6.45, 7) is 8.44. The number of hydrogen-bond acceptors (Lipinski definition) is 2. The van der Waals surface area contributed by atoms with Crippen LogP contribution in [0.4, 0.5) is 0 Å². The minimum Gasteiger partial charge on any atom is -0.289 e. The van der Waals surface area contributed by atoms with Crippen LogP contribution in [0.2, 0.25) is 0 Å². The van der Waals surface area contributed by atoms with Crippen LogP contribution in [0.1, 0.15) is 58.9 Å². The first-order chi connectivity index (χ1) is 9.62. The van der Waals surface area contributed by atoms with Gasteiger partial charge < -0.3 is 0 Å². The third kappa shape index (κ3) is 2.71. The van der Waals surface area contributed by atoms with Gasteiger partial charge in [-0.1, -0.05) is 32.9 Å². The average molecular weight is 286 g/mol. The van der Waals surface area contributed by atoms with Gasteiger partial charge in [0, 0.05) is 16.5 Å². The molecule has 0 saturated heterocycles. The summed E-state index contributed by atoms with van der Waals surface area (Å²) in [5.74, 6) is 0.195. The molecular formula is C18H22OS. The van der Waals surface area contributed by atoms with E-state index >= 15 is 0 Å². The van der Waals surface area contributed by atoms with Crippen molar-refractivity contribution in [3.8, 4) is 0 Å². The number of ketones is 1. The maximum absolute atomic E-state index is 12.9. The molecule has 0 aliphatic carbocycles. The highest BCUT2D eigenvalue weighted by atomic mass is 32.1. The molecule has 0 N–H and O–H groups in total. The van der Waals surface area contributed by atoms with Crippen molar-refractivity contribution in [2.45, 2.75) is 47.0 Å². The standard InChI is InChI=1S/C18H22OS/c1-5-13-8-14(6-2)17(15(7-3)9-13)18(19)16-11-20-10-12(16)4/h8-11H,5-7H2,1-4H3. The molecule has 0 bridgehead atoms. The molecule has 0 radical (unpaired) electrons. The third-order valence-electron chi connectivity index (χ3n) is 3.86.